The summed E-state index contributed by atoms with van der Waals surface area (Å²) in [6, 6.07) is 2.08. The quantitative estimate of drug-likeness (QED) is 0.746. The largest absolute Gasteiger partial charge is 0.355 e. The van der Waals surface area contributed by atoms with Crippen LogP contribution in [0.25, 0.3) is 11.2 Å². The first-order valence-corrected chi connectivity index (χ1v) is 7.15. The summed E-state index contributed by atoms with van der Waals surface area (Å²) in [6.07, 6.45) is 7.21. The average Bonchev–Trinajstić information content (AvgIpc) is 3.19. The molecule has 0 radical (unpaired) electrons. The molecule has 1 fully saturated rings. The number of rotatable bonds is 2. The highest BCUT2D eigenvalue weighted by atomic mass is 15.2. The Morgan fingerprint density at radius 1 is 1.19 bits per heavy atom. The summed E-state index contributed by atoms with van der Waals surface area (Å²) in [4.78, 5) is 18.3. The van der Waals surface area contributed by atoms with Crippen LogP contribution in [-0.2, 0) is 5.41 Å². The summed E-state index contributed by atoms with van der Waals surface area (Å²) in [7, 11) is 0. The van der Waals surface area contributed by atoms with Crippen molar-refractivity contribution >= 4 is 17.0 Å². The van der Waals surface area contributed by atoms with Gasteiger partial charge in [0.2, 0.25) is 0 Å². The van der Waals surface area contributed by atoms with E-state index in [1.807, 2.05) is 6.20 Å². The molecular formula is C14H17N7. The van der Waals surface area contributed by atoms with Crippen molar-refractivity contribution in [1.82, 2.24) is 30.1 Å². The monoisotopic (exact) mass is 283 g/mol. The van der Waals surface area contributed by atoms with Crippen LogP contribution in [0, 0.1) is 0 Å². The van der Waals surface area contributed by atoms with E-state index >= 15 is 0 Å². The highest BCUT2D eigenvalue weighted by molar-refractivity contribution is 5.82. The molecule has 0 atom stereocenters. The van der Waals surface area contributed by atoms with Gasteiger partial charge >= 0.3 is 0 Å². The second-order valence-electron chi connectivity index (χ2n) is 5.82. The Hall–Kier alpha value is -2.44. The molecule has 0 saturated carbocycles. The van der Waals surface area contributed by atoms with E-state index in [2.05, 4.69) is 48.0 Å². The smallest absolute Gasteiger partial charge is 0.182 e. The van der Waals surface area contributed by atoms with Crippen LogP contribution in [0.1, 0.15) is 25.5 Å². The standard InChI is InChI=1S/C14H17N7/c1-14(10-2-5-19-20-10)3-6-21(7-4-14)13-11-12(16-8-15-11)17-9-18-13/h2,5,8-9H,3-4,6-7H2,1H3,(H,19,20)(H,15,16,17,18). The Labute approximate surface area is 121 Å². The van der Waals surface area contributed by atoms with Crippen molar-refractivity contribution in [2.45, 2.75) is 25.2 Å². The number of piperidine rings is 1. The summed E-state index contributed by atoms with van der Waals surface area (Å²) in [5, 5.41) is 7.20. The molecule has 0 bridgehead atoms. The van der Waals surface area contributed by atoms with Crippen molar-refractivity contribution in [3.8, 4) is 0 Å². The fourth-order valence-electron chi connectivity index (χ4n) is 3.07. The van der Waals surface area contributed by atoms with Crippen molar-refractivity contribution in [3.63, 3.8) is 0 Å². The number of hydrogen-bond acceptors (Lipinski definition) is 5. The molecule has 0 spiro atoms. The average molecular weight is 283 g/mol. The van der Waals surface area contributed by atoms with E-state index < -0.39 is 0 Å². The molecule has 1 saturated heterocycles. The lowest BCUT2D eigenvalue weighted by Crippen LogP contribution is -2.41. The third-order valence-electron chi connectivity index (χ3n) is 4.52. The maximum Gasteiger partial charge on any atom is 0.182 e. The number of aromatic nitrogens is 6. The minimum atomic E-state index is 0.160. The van der Waals surface area contributed by atoms with Crippen LogP contribution in [0.5, 0.6) is 0 Å². The summed E-state index contributed by atoms with van der Waals surface area (Å²) in [5.74, 6) is 0.948. The molecule has 4 rings (SSSR count). The molecule has 7 nitrogen and oxygen atoms in total. The van der Waals surface area contributed by atoms with Crippen molar-refractivity contribution in [1.29, 1.82) is 0 Å². The Kier molecular flexibility index (Phi) is 2.66. The van der Waals surface area contributed by atoms with Crippen molar-refractivity contribution in [3.05, 3.63) is 30.6 Å². The van der Waals surface area contributed by atoms with E-state index in [1.165, 1.54) is 5.69 Å². The van der Waals surface area contributed by atoms with E-state index in [-0.39, 0.29) is 5.41 Å². The fraction of sp³-hybridized carbons (Fsp3) is 0.429. The molecule has 0 unspecified atom stereocenters. The van der Waals surface area contributed by atoms with Gasteiger partial charge in [0.25, 0.3) is 0 Å². The molecule has 7 heteroatoms. The van der Waals surface area contributed by atoms with Crippen molar-refractivity contribution in [2.24, 2.45) is 0 Å². The molecule has 3 aromatic rings. The van der Waals surface area contributed by atoms with Gasteiger partial charge in [0.15, 0.2) is 11.5 Å². The Balaban J connectivity index is 1.59. The number of hydrogen-bond donors (Lipinski definition) is 2. The second kappa shape index (κ2) is 4.54. The Morgan fingerprint density at radius 2 is 2.05 bits per heavy atom. The lowest BCUT2D eigenvalue weighted by atomic mass is 9.77. The van der Waals surface area contributed by atoms with Gasteiger partial charge in [-0.25, -0.2) is 15.0 Å². The van der Waals surface area contributed by atoms with Gasteiger partial charge in [-0.15, -0.1) is 0 Å². The van der Waals surface area contributed by atoms with Crippen molar-refractivity contribution < 1.29 is 0 Å². The lowest BCUT2D eigenvalue weighted by Gasteiger charge is -2.39. The van der Waals surface area contributed by atoms with Crippen LogP contribution >= 0.6 is 0 Å². The van der Waals surface area contributed by atoms with Gasteiger partial charge in [-0.1, -0.05) is 6.92 Å². The highest BCUT2D eigenvalue weighted by Crippen LogP contribution is 2.35. The van der Waals surface area contributed by atoms with Crippen LogP contribution in [0.4, 0.5) is 5.82 Å². The topological polar surface area (TPSA) is 86.4 Å². The normalized spacial score (nSPS) is 18.2. The van der Waals surface area contributed by atoms with Crippen LogP contribution in [-0.4, -0.2) is 43.2 Å². The highest BCUT2D eigenvalue weighted by Gasteiger charge is 2.33. The summed E-state index contributed by atoms with van der Waals surface area (Å²) in [6.45, 7) is 4.21. The SMILES string of the molecule is CC1(c2ccn[nH]2)CCN(c2ncnc3nc[nH]c23)CC1. The summed E-state index contributed by atoms with van der Waals surface area (Å²) < 4.78 is 0. The van der Waals surface area contributed by atoms with Crippen LogP contribution in [0.3, 0.4) is 0 Å². The number of aromatic amines is 2. The van der Waals surface area contributed by atoms with Gasteiger partial charge in [-0.2, -0.15) is 5.10 Å². The molecule has 0 aromatic carbocycles. The molecule has 1 aliphatic heterocycles. The fourth-order valence-corrected chi connectivity index (χ4v) is 3.07. The van der Waals surface area contributed by atoms with Gasteiger partial charge in [-0.3, -0.25) is 5.10 Å². The molecule has 4 heterocycles. The zero-order chi connectivity index (χ0) is 14.3. The van der Waals surface area contributed by atoms with Crippen LogP contribution in [0.2, 0.25) is 0 Å². The third kappa shape index (κ3) is 1.96. The van der Waals surface area contributed by atoms with Gasteiger partial charge in [0.1, 0.15) is 11.8 Å². The van der Waals surface area contributed by atoms with Gasteiger partial charge in [0.05, 0.1) is 6.33 Å². The van der Waals surface area contributed by atoms with Gasteiger partial charge < -0.3 is 9.88 Å². The molecule has 1 aliphatic rings. The predicted molar refractivity (Wildman–Crippen MR) is 79.1 cm³/mol. The van der Waals surface area contributed by atoms with Crippen LogP contribution < -0.4 is 4.90 Å². The molecule has 0 aliphatic carbocycles. The molecule has 108 valence electrons. The second-order valence-corrected chi connectivity index (χ2v) is 5.82. The molecule has 0 amide bonds. The van der Waals surface area contributed by atoms with Gasteiger partial charge in [-0.05, 0) is 18.9 Å². The van der Waals surface area contributed by atoms with E-state index in [0.29, 0.717) is 0 Å². The van der Waals surface area contributed by atoms with Gasteiger partial charge in [0, 0.05) is 30.4 Å². The van der Waals surface area contributed by atoms with E-state index in [1.54, 1.807) is 12.7 Å². The molecule has 2 N–H and O–H groups in total. The van der Waals surface area contributed by atoms with E-state index in [4.69, 9.17) is 0 Å². The summed E-state index contributed by atoms with van der Waals surface area (Å²) >= 11 is 0. The number of nitrogens with zero attached hydrogens (tertiary/aromatic N) is 5. The zero-order valence-electron chi connectivity index (χ0n) is 11.9. The lowest BCUT2D eigenvalue weighted by molar-refractivity contribution is 0.352. The third-order valence-corrected chi connectivity index (χ3v) is 4.52. The molecule has 3 aromatic heterocycles. The van der Waals surface area contributed by atoms with Crippen LogP contribution in [0.15, 0.2) is 24.9 Å². The number of nitrogens with one attached hydrogen (secondary N) is 2. The summed E-state index contributed by atoms with van der Waals surface area (Å²) in [5.41, 5.74) is 3.02. The number of imidazole rings is 1. The minimum absolute atomic E-state index is 0.160. The molecular weight excluding hydrogens is 266 g/mol. The molecule has 21 heavy (non-hydrogen) atoms. The number of H-pyrrole nitrogens is 2. The first kappa shape index (κ1) is 12.3. The maximum absolute atomic E-state index is 4.44. The maximum atomic E-state index is 4.44. The first-order valence-electron chi connectivity index (χ1n) is 7.15. The Morgan fingerprint density at radius 3 is 2.81 bits per heavy atom. The Bertz CT molecular complexity index is 738. The van der Waals surface area contributed by atoms with E-state index in [9.17, 15) is 0 Å². The first-order chi connectivity index (χ1) is 10.3. The van der Waals surface area contributed by atoms with Crippen molar-refractivity contribution in [2.75, 3.05) is 18.0 Å². The zero-order valence-corrected chi connectivity index (χ0v) is 11.9. The van der Waals surface area contributed by atoms with E-state index in [0.717, 1.165) is 42.9 Å². The predicted octanol–water partition coefficient (Wildman–Crippen LogP) is 1.63. The minimum Gasteiger partial charge on any atom is -0.355 e. The number of anilines is 1. The number of fused-ring (bicyclic) bond motifs is 1.